The summed E-state index contributed by atoms with van der Waals surface area (Å²) in [4.78, 5) is 22.0. The molecule has 162 valence electrons. The van der Waals surface area contributed by atoms with Crippen molar-refractivity contribution in [1.82, 2.24) is 19.7 Å². The Morgan fingerprint density at radius 2 is 2.13 bits per heavy atom. The zero-order chi connectivity index (χ0) is 21.7. The van der Waals surface area contributed by atoms with Crippen LogP contribution in [0.4, 0.5) is 5.82 Å². The van der Waals surface area contributed by atoms with Crippen molar-refractivity contribution in [2.24, 2.45) is 5.92 Å². The smallest absolute Gasteiger partial charge is 0.305 e. The second-order valence-corrected chi connectivity index (χ2v) is 9.41. The molecule has 2 aromatic heterocycles. The molecule has 0 spiro atoms. The molecule has 5 rings (SSSR count). The van der Waals surface area contributed by atoms with E-state index < -0.39 is 5.97 Å². The number of anilines is 1. The fourth-order valence-corrected chi connectivity index (χ4v) is 5.27. The molecule has 0 bridgehead atoms. The van der Waals surface area contributed by atoms with Crippen molar-refractivity contribution in [3.63, 3.8) is 0 Å². The van der Waals surface area contributed by atoms with Gasteiger partial charge in [0, 0.05) is 22.0 Å². The van der Waals surface area contributed by atoms with Gasteiger partial charge in [-0.25, -0.2) is 14.6 Å². The van der Waals surface area contributed by atoms with Crippen molar-refractivity contribution < 1.29 is 14.6 Å². The highest BCUT2D eigenvalue weighted by molar-refractivity contribution is 9.10. The van der Waals surface area contributed by atoms with Gasteiger partial charge in [-0.05, 0) is 40.8 Å². The van der Waals surface area contributed by atoms with Crippen LogP contribution in [-0.4, -0.2) is 56.1 Å². The number of pyridine rings is 1. The maximum absolute atomic E-state index is 10.8. The van der Waals surface area contributed by atoms with E-state index in [4.69, 9.17) is 38.0 Å². The molecule has 2 aliphatic rings. The number of aromatic nitrogens is 4. The predicted octanol–water partition coefficient (Wildman–Crippen LogP) is 4.34. The molecule has 0 amide bonds. The van der Waals surface area contributed by atoms with Gasteiger partial charge < -0.3 is 14.7 Å². The molecular weight excluding hydrogens is 509 g/mol. The highest BCUT2D eigenvalue weighted by Gasteiger charge is 2.52. The van der Waals surface area contributed by atoms with Crippen LogP contribution in [0.15, 0.2) is 29.3 Å². The first-order valence-corrected chi connectivity index (χ1v) is 11.4. The third-order valence-corrected chi connectivity index (χ3v) is 7.53. The Balaban J connectivity index is 1.55. The lowest BCUT2D eigenvalue weighted by atomic mass is 10.1. The van der Waals surface area contributed by atoms with Gasteiger partial charge in [-0.3, -0.25) is 4.79 Å². The van der Waals surface area contributed by atoms with E-state index in [0.29, 0.717) is 38.6 Å². The van der Waals surface area contributed by atoms with Crippen LogP contribution in [0.25, 0.3) is 16.6 Å². The van der Waals surface area contributed by atoms with Crippen LogP contribution in [0.1, 0.15) is 19.3 Å². The number of ether oxygens (including phenoxy) is 1. The third kappa shape index (κ3) is 3.88. The molecule has 11 heteroatoms. The number of halogens is 3. The summed E-state index contributed by atoms with van der Waals surface area (Å²) in [5.41, 5.74) is 1.39. The number of carboxylic acid groups (broad SMARTS) is 1. The molecule has 1 aromatic carbocycles. The van der Waals surface area contributed by atoms with Crippen molar-refractivity contribution in [3.05, 3.63) is 39.3 Å². The molecular formula is C20H18BrCl2N5O3. The maximum atomic E-state index is 10.8. The predicted molar refractivity (Wildman–Crippen MR) is 120 cm³/mol. The molecule has 1 aliphatic heterocycles. The number of benzene rings is 1. The van der Waals surface area contributed by atoms with Crippen molar-refractivity contribution in [3.8, 4) is 5.69 Å². The molecule has 3 heterocycles. The number of carbonyl (C=O) groups is 1. The monoisotopic (exact) mass is 525 g/mol. The zero-order valence-electron chi connectivity index (χ0n) is 16.2. The van der Waals surface area contributed by atoms with Gasteiger partial charge in [-0.2, -0.15) is 5.10 Å². The normalized spacial score (nSPS) is 22.2. The fourth-order valence-electron chi connectivity index (χ4n) is 4.33. The van der Waals surface area contributed by atoms with E-state index >= 15 is 0 Å². The van der Waals surface area contributed by atoms with Crippen molar-refractivity contribution in [2.45, 2.75) is 31.3 Å². The molecule has 31 heavy (non-hydrogen) atoms. The van der Waals surface area contributed by atoms with Gasteiger partial charge in [0.25, 0.3) is 0 Å². The SMILES string of the molecule is O=C(O)CCOC[C@@H]1C[C@H]2CC2N1c1cc(-n2cncn2)c2cc(Br)c(Cl)c(Cl)c2n1. The van der Waals surface area contributed by atoms with Crippen LogP contribution < -0.4 is 4.90 Å². The van der Waals surface area contributed by atoms with Crippen LogP contribution in [0.3, 0.4) is 0 Å². The Labute approximate surface area is 196 Å². The summed E-state index contributed by atoms with van der Waals surface area (Å²) in [6, 6.07) is 4.38. The first-order valence-electron chi connectivity index (χ1n) is 9.85. The summed E-state index contributed by atoms with van der Waals surface area (Å²) < 4.78 is 8.03. The topological polar surface area (TPSA) is 93.4 Å². The molecule has 3 aromatic rings. The van der Waals surface area contributed by atoms with Crippen LogP contribution >= 0.6 is 39.1 Å². The van der Waals surface area contributed by atoms with Gasteiger partial charge in [0.1, 0.15) is 18.5 Å². The molecule has 1 aliphatic carbocycles. The summed E-state index contributed by atoms with van der Waals surface area (Å²) in [7, 11) is 0. The average molecular weight is 527 g/mol. The number of rotatable bonds is 7. The number of hydrogen-bond acceptors (Lipinski definition) is 6. The van der Waals surface area contributed by atoms with E-state index in [2.05, 4.69) is 30.9 Å². The summed E-state index contributed by atoms with van der Waals surface area (Å²) in [6.45, 7) is 0.646. The van der Waals surface area contributed by atoms with E-state index in [-0.39, 0.29) is 19.1 Å². The maximum Gasteiger partial charge on any atom is 0.305 e. The van der Waals surface area contributed by atoms with E-state index in [1.54, 1.807) is 11.0 Å². The molecule has 1 saturated heterocycles. The Morgan fingerprint density at radius 3 is 2.87 bits per heavy atom. The van der Waals surface area contributed by atoms with Crippen molar-refractivity contribution in [2.75, 3.05) is 18.1 Å². The lowest BCUT2D eigenvalue weighted by Gasteiger charge is -2.29. The van der Waals surface area contributed by atoms with Gasteiger partial charge in [-0.15, -0.1) is 0 Å². The Hall–Kier alpha value is -1.94. The van der Waals surface area contributed by atoms with Gasteiger partial charge in [0.05, 0.1) is 46.9 Å². The Kier molecular flexibility index (Phi) is 5.54. The van der Waals surface area contributed by atoms with E-state index in [0.717, 1.165) is 29.7 Å². The standard InChI is InChI=1S/C20H18BrCl2N5O3/c21-13-5-12-15(27-9-24-8-25-27)6-16(26-20(12)19(23)18(13)22)28-11(3-10-4-14(10)28)7-31-2-1-17(29)30/h5-6,8-11,14H,1-4,7H2,(H,29,30)/t10-,11-,14?/m0/s1. The Morgan fingerprint density at radius 1 is 1.29 bits per heavy atom. The minimum Gasteiger partial charge on any atom is -0.481 e. The van der Waals surface area contributed by atoms with Gasteiger partial charge in [-0.1, -0.05) is 23.2 Å². The lowest BCUT2D eigenvalue weighted by Crippen LogP contribution is -2.37. The molecule has 2 fully saturated rings. The summed E-state index contributed by atoms with van der Waals surface area (Å²) in [6.07, 6.45) is 5.20. The zero-order valence-corrected chi connectivity index (χ0v) is 19.3. The number of hydrogen-bond donors (Lipinski definition) is 1. The number of aliphatic carboxylic acids is 1. The van der Waals surface area contributed by atoms with Crippen LogP contribution in [0.5, 0.6) is 0 Å². The molecule has 1 saturated carbocycles. The number of piperidine rings is 1. The lowest BCUT2D eigenvalue weighted by molar-refractivity contribution is -0.138. The second kappa shape index (κ2) is 8.20. The average Bonchev–Trinajstić information content (AvgIpc) is 3.14. The van der Waals surface area contributed by atoms with Gasteiger partial charge >= 0.3 is 5.97 Å². The summed E-state index contributed by atoms with van der Waals surface area (Å²) in [5.74, 6) is 0.511. The quantitative estimate of drug-likeness (QED) is 0.361. The fraction of sp³-hybridized carbons (Fsp3) is 0.400. The van der Waals surface area contributed by atoms with E-state index in [1.807, 2.05) is 12.1 Å². The number of nitrogens with zero attached hydrogens (tertiary/aromatic N) is 5. The minimum absolute atomic E-state index is 0.00671. The third-order valence-electron chi connectivity index (χ3n) is 5.82. The minimum atomic E-state index is -0.863. The Bertz CT molecular complexity index is 1160. The number of carboxylic acids is 1. The van der Waals surface area contributed by atoms with E-state index in [1.165, 1.54) is 6.33 Å². The summed E-state index contributed by atoms with van der Waals surface area (Å²) in [5, 5.41) is 14.7. The second-order valence-electron chi connectivity index (χ2n) is 7.80. The van der Waals surface area contributed by atoms with Crippen LogP contribution in [0.2, 0.25) is 10.0 Å². The number of fused-ring (bicyclic) bond motifs is 2. The largest absolute Gasteiger partial charge is 0.481 e. The van der Waals surface area contributed by atoms with Crippen molar-refractivity contribution >= 4 is 61.8 Å². The highest BCUT2D eigenvalue weighted by atomic mass is 79.9. The molecule has 8 nitrogen and oxygen atoms in total. The van der Waals surface area contributed by atoms with Crippen LogP contribution in [0, 0.1) is 5.92 Å². The van der Waals surface area contributed by atoms with Crippen LogP contribution in [-0.2, 0) is 9.53 Å². The molecule has 1 unspecified atom stereocenters. The first-order chi connectivity index (χ1) is 14.9. The first kappa shape index (κ1) is 20.9. The van der Waals surface area contributed by atoms with Gasteiger partial charge in [0.15, 0.2) is 0 Å². The molecule has 3 atom stereocenters. The van der Waals surface area contributed by atoms with Gasteiger partial charge in [0.2, 0.25) is 0 Å². The highest BCUT2D eigenvalue weighted by Crippen LogP contribution is 2.50. The van der Waals surface area contributed by atoms with E-state index in [9.17, 15) is 4.79 Å². The van der Waals surface area contributed by atoms with Crippen molar-refractivity contribution in [1.29, 1.82) is 0 Å². The summed E-state index contributed by atoms with van der Waals surface area (Å²) >= 11 is 16.4. The molecule has 0 radical (unpaired) electrons. The molecule has 1 N–H and O–H groups in total.